The number of benzene rings is 2. The molecule has 9 heteroatoms. The highest BCUT2D eigenvalue weighted by molar-refractivity contribution is 6.13. The van der Waals surface area contributed by atoms with Gasteiger partial charge >= 0.3 is 6.18 Å². The maximum atomic E-state index is 13.4. The van der Waals surface area contributed by atoms with Crippen molar-refractivity contribution in [3.63, 3.8) is 0 Å². The molecule has 0 aliphatic carbocycles. The van der Waals surface area contributed by atoms with Gasteiger partial charge < -0.3 is 10.8 Å². The number of halogens is 3. The molecule has 32 heavy (non-hydrogen) atoms. The average molecular weight is 446 g/mol. The van der Waals surface area contributed by atoms with Gasteiger partial charge in [-0.05, 0) is 69.1 Å². The molecule has 1 amide bonds. The summed E-state index contributed by atoms with van der Waals surface area (Å²) in [4.78, 5) is 11.9. The maximum absolute atomic E-state index is 13.4. The summed E-state index contributed by atoms with van der Waals surface area (Å²) in [5.74, 6) is -0.603. The van der Waals surface area contributed by atoms with Crippen molar-refractivity contribution >= 4 is 22.5 Å². The minimum atomic E-state index is -4.54. The van der Waals surface area contributed by atoms with Crippen LogP contribution in [0.25, 0.3) is 16.6 Å². The minimum absolute atomic E-state index is 0.182. The van der Waals surface area contributed by atoms with Crippen LogP contribution in [0.1, 0.15) is 42.0 Å². The van der Waals surface area contributed by atoms with Crippen molar-refractivity contribution in [3.05, 3.63) is 58.7 Å². The second-order valence-electron chi connectivity index (χ2n) is 7.73. The molecule has 3 rings (SSSR count). The van der Waals surface area contributed by atoms with E-state index in [0.29, 0.717) is 24.0 Å². The lowest BCUT2D eigenvalue weighted by molar-refractivity contribution is -0.137. The zero-order chi connectivity index (χ0) is 23.6. The summed E-state index contributed by atoms with van der Waals surface area (Å²) < 4.78 is 41.6. The Hall–Kier alpha value is -3.33. The van der Waals surface area contributed by atoms with Gasteiger partial charge in [0.05, 0.1) is 22.4 Å². The molecule has 0 spiro atoms. The van der Waals surface area contributed by atoms with Crippen molar-refractivity contribution < 1.29 is 23.1 Å². The van der Waals surface area contributed by atoms with Crippen LogP contribution in [0.3, 0.4) is 0 Å². The number of hydrogen-bond donors (Lipinski definition) is 3. The van der Waals surface area contributed by atoms with Crippen LogP contribution in [0.5, 0.6) is 5.88 Å². The van der Waals surface area contributed by atoms with Crippen LogP contribution in [-0.4, -0.2) is 27.8 Å². The minimum Gasteiger partial charge on any atom is -0.494 e. The molecule has 0 saturated heterocycles. The molecule has 0 aliphatic heterocycles. The molecule has 2 aromatic carbocycles. The normalized spacial score (nSPS) is 12.4. The monoisotopic (exact) mass is 446 g/mol. The summed E-state index contributed by atoms with van der Waals surface area (Å²) in [5.41, 5.74) is 9.97. The fourth-order valence-electron chi connectivity index (χ4n) is 3.67. The molecule has 1 heterocycles. The van der Waals surface area contributed by atoms with Gasteiger partial charge in [0.1, 0.15) is 0 Å². The van der Waals surface area contributed by atoms with E-state index in [0.717, 1.165) is 23.3 Å². The summed E-state index contributed by atoms with van der Waals surface area (Å²) in [6.07, 6.45) is -3.85. The summed E-state index contributed by atoms with van der Waals surface area (Å²) in [5, 5.41) is 15.5. The smallest absolute Gasteiger partial charge is 0.416 e. The number of amides is 1. The number of aryl methyl sites for hydroxylation is 2. The summed E-state index contributed by atoms with van der Waals surface area (Å²) in [6, 6.07) is 8.75. The van der Waals surface area contributed by atoms with Gasteiger partial charge in [-0.1, -0.05) is 12.1 Å². The number of alkyl halides is 3. The van der Waals surface area contributed by atoms with Gasteiger partial charge in [-0.3, -0.25) is 9.36 Å². The Kier molecular flexibility index (Phi) is 6.59. The van der Waals surface area contributed by atoms with E-state index in [1.165, 1.54) is 10.6 Å². The quantitative estimate of drug-likeness (QED) is 0.383. The van der Waals surface area contributed by atoms with Gasteiger partial charge in [0.15, 0.2) is 0 Å². The van der Waals surface area contributed by atoms with Gasteiger partial charge in [-0.2, -0.15) is 18.3 Å². The van der Waals surface area contributed by atoms with Crippen LogP contribution in [0, 0.1) is 13.8 Å². The predicted octanol–water partition coefficient (Wildman–Crippen LogP) is 4.55. The van der Waals surface area contributed by atoms with Crippen molar-refractivity contribution in [1.82, 2.24) is 9.99 Å². The van der Waals surface area contributed by atoms with Crippen molar-refractivity contribution in [2.75, 3.05) is 6.54 Å². The van der Waals surface area contributed by atoms with Gasteiger partial charge in [-0.15, -0.1) is 0 Å². The molecule has 6 nitrogen and oxygen atoms in total. The number of rotatable bonds is 6. The lowest BCUT2D eigenvalue weighted by atomic mass is 10.1. The highest BCUT2D eigenvalue weighted by Gasteiger charge is 2.32. The number of nitrogens with two attached hydrogens (primary N) is 1. The SMILES string of the molecule is C/C(=N/NC(=O)CCCN)c1c(O)n(-c2cc(C)cc(C)c2)c2cc(C(F)(F)F)ccc12. The number of fused-ring (bicyclic) bond motifs is 1. The number of nitrogens with zero attached hydrogens (tertiary/aromatic N) is 2. The molecule has 4 N–H and O–H groups in total. The van der Waals surface area contributed by atoms with E-state index in [9.17, 15) is 23.1 Å². The summed E-state index contributed by atoms with van der Waals surface area (Å²) >= 11 is 0. The zero-order valence-electron chi connectivity index (χ0n) is 18.0. The van der Waals surface area contributed by atoms with Crippen LogP contribution >= 0.6 is 0 Å². The largest absolute Gasteiger partial charge is 0.494 e. The lowest BCUT2D eigenvalue weighted by Crippen LogP contribution is -2.20. The molecule has 0 atom stereocenters. The standard InChI is InChI=1S/C23H25F3N4O2/c1-13-9-14(2)11-17(10-13)30-19-12-16(23(24,25)26)6-7-18(19)21(22(30)32)15(3)28-29-20(31)5-4-8-27/h6-7,9-12,32H,4-5,8,27H2,1-3H3,(H,29,31)/b28-15-. The zero-order valence-corrected chi connectivity index (χ0v) is 18.0. The second-order valence-corrected chi connectivity index (χ2v) is 7.73. The topological polar surface area (TPSA) is 92.6 Å². The number of aromatic hydroxyl groups is 1. The number of aromatic nitrogens is 1. The molecule has 0 bridgehead atoms. The Morgan fingerprint density at radius 3 is 2.41 bits per heavy atom. The molecule has 170 valence electrons. The number of carbonyl (C=O) groups is 1. The molecular formula is C23H25F3N4O2. The molecule has 3 aromatic rings. The fraction of sp³-hybridized carbons (Fsp3) is 0.304. The maximum Gasteiger partial charge on any atom is 0.416 e. The average Bonchev–Trinajstić information content (AvgIpc) is 3.00. The van der Waals surface area contributed by atoms with Crippen molar-refractivity contribution in [2.24, 2.45) is 10.8 Å². The van der Waals surface area contributed by atoms with E-state index in [-0.39, 0.29) is 35.0 Å². The number of hydrazone groups is 1. The van der Waals surface area contributed by atoms with Crippen molar-refractivity contribution in [2.45, 2.75) is 39.8 Å². The first kappa shape index (κ1) is 23.3. The van der Waals surface area contributed by atoms with Crippen molar-refractivity contribution in [3.8, 4) is 11.6 Å². The first-order valence-electron chi connectivity index (χ1n) is 10.1. The van der Waals surface area contributed by atoms with Crippen LogP contribution < -0.4 is 11.2 Å². The van der Waals surface area contributed by atoms with Gasteiger partial charge in [0, 0.05) is 17.5 Å². The second kappa shape index (κ2) is 9.04. The Bertz CT molecular complexity index is 1180. The Morgan fingerprint density at radius 2 is 1.81 bits per heavy atom. The van der Waals surface area contributed by atoms with Gasteiger partial charge in [0.2, 0.25) is 11.8 Å². The van der Waals surface area contributed by atoms with E-state index in [2.05, 4.69) is 10.5 Å². The third-order valence-corrected chi connectivity index (χ3v) is 5.05. The number of hydrogen-bond acceptors (Lipinski definition) is 4. The molecule has 0 unspecified atom stereocenters. The van der Waals surface area contributed by atoms with E-state index < -0.39 is 11.7 Å². The highest BCUT2D eigenvalue weighted by Crippen LogP contribution is 2.39. The van der Waals surface area contributed by atoms with Crippen molar-refractivity contribution in [1.29, 1.82) is 0 Å². The van der Waals surface area contributed by atoms with E-state index in [1.54, 1.807) is 19.1 Å². The lowest BCUT2D eigenvalue weighted by Gasteiger charge is -2.11. The fourth-order valence-corrected chi connectivity index (χ4v) is 3.67. The highest BCUT2D eigenvalue weighted by atomic mass is 19.4. The predicted molar refractivity (Wildman–Crippen MR) is 118 cm³/mol. The number of nitrogens with one attached hydrogen (secondary N) is 1. The van der Waals surface area contributed by atoms with E-state index in [1.807, 2.05) is 19.9 Å². The van der Waals surface area contributed by atoms with E-state index in [4.69, 9.17) is 5.73 Å². The van der Waals surface area contributed by atoms with E-state index >= 15 is 0 Å². The molecule has 0 saturated carbocycles. The summed E-state index contributed by atoms with van der Waals surface area (Å²) in [7, 11) is 0. The third-order valence-electron chi connectivity index (χ3n) is 5.05. The molecule has 0 fully saturated rings. The van der Waals surface area contributed by atoms with Crippen LogP contribution in [0.4, 0.5) is 13.2 Å². The third kappa shape index (κ3) is 4.77. The van der Waals surface area contributed by atoms with Crippen LogP contribution in [0.15, 0.2) is 41.5 Å². The Balaban J connectivity index is 2.21. The number of carbonyl (C=O) groups excluding carboxylic acids is 1. The Morgan fingerprint density at radius 1 is 1.16 bits per heavy atom. The van der Waals surface area contributed by atoms with Crippen LogP contribution in [-0.2, 0) is 11.0 Å². The summed E-state index contributed by atoms with van der Waals surface area (Å²) in [6.45, 7) is 5.67. The molecular weight excluding hydrogens is 421 g/mol. The first-order chi connectivity index (χ1) is 15.0. The molecule has 0 aliphatic rings. The molecule has 0 radical (unpaired) electrons. The van der Waals surface area contributed by atoms with Gasteiger partial charge in [-0.25, -0.2) is 5.43 Å². The van der Waals surface area contributed by atoms with Gasteiger partial charge in [0.25, 0.3) is 0 Å². The van der Waals surface area contributed by atoms with Crippen LogP contribution in [0.2, 0.25) is 0 Å². The Labute approximate surface area is 183 Å². The first-order valence-corrected chi connectivity index (χ1v) is 10.1. The molecule has 1 aromatic heterocycles.